The Balaban J connectivity index is 3.32. The van der Waals surface area contributed by atoms with Crippen LogP contribution >= 0.6 is 0 Å². The van der Waals surface area contributed by atoms with Crippen LogP contribution < -0.4 is 11.3 Å². The van der Waals surface area contributed by atoms with Crippen molar-refractivity contribution in [1.82, 2.24) is 9.55 Å². The van der Waals surface area contributed by atoms with Gasteiger partial charge in [-0.3, -0.25) is 14.2 Å². The molecule has 1 atom stereocenters. The van der Waals surface area contributed by atoms with Crippen molar-refractivity contribution in [2.75, 3.05) is 0 Å². The molecule has 3 N–H and O–H groups in total. The van der Waals surface area contributed by atoms with E-state index in [9.17, 15) is 9.59 Å². The summed E-state index contributed by atoms with van der Waals surface area (Å²) in [7, 11) is 1.52. The number of aliphatic carboxylic acids is 1. The fraction of sp³-hybridized carbons (Fsp3) is 0.375. The molecular formula is C8H11N3O3. The van der Waals surface area contributed by atoms with E-state index in [-0.39, 0.29) is 5.56 Å². The summed E-state index contributed by atoms with van der Waals surface area (Å²) < 4.78 is 1.26. The van der Waals surface area contributed by atoms with Crippen LogP contribution in [0.25, 0.3) is 0 Å². The van der Waals surface area contributed by atoms with Crippen LogP contribution in [0.2, 0.25) is 0 Å². The average Bonchev–Trinajstić information content (AvgIpc) is 2.13. The number of carbonyl (C=O) groups is 1. The minimum atomic E-state index is -1.32. The Labute approximate surface area is 80.0 Å². The Morgan fingerprint density at radius 3 is 2.79 bits per heavy atom. The van der Waals surface area contributed by atoms with Crippen LogP contribution in [-0.2, 0) is 11.8 Å². The molecule has 0 amide bonds. The number of hydrogen-bond donors (Lipinski definition) is 2. The van der Waals surface area contributed by atoms with E-state index in [1.54, 1.807) is 6.92 Å². The molecule has 76 valence electrons. The minimum absolute atomic E-state index is 0.00870. The van der Waals surface area contributed by atoms with E-state index in [1.807, 2.05) is 0 Å². The summed E-state index contributed by atoms with van der Waals surface area (Å²) in [6.07, 6.45) is 1.20. The van der Waals surface area contributed by atoms with Gasteiger partial charge in [-0.2, -0.15) is 0 Å². The van der Waals surface area contributed by atoms with E-state index in [0.29, 0.717) is 5.82 Å². The Morgan fingerprint density at radius 2 is 2.29 bits per heavy atom. The zero-order valence-electron chi connectivity index (χ0n) is 7.89. The first-order valence-corrected chi connectivity index (χ1v) is 3.96. The lowest BCUT2D eigenvalue weighted by atomic mass is 10.1. The van der Waals surface area contributed by atoms with Gasteiger partial charge in [0.2, 0.25) is 0 Å². The molecule has 6 heteroatoms. The second-order valence-corrected chi connectivity index (χ2v) is 2.94. The second kappa shape index (κ2) is 3.59. The first kappa shape index (κ1) is 10.4. The van der Waals surface area contributed by atoms with Gasteiger partial charge >= 0.3 is 5.97 Å². The molecule has 1 unspecified atom stereocenters. The highest BCUT2D eigenvalue weighted by Gasteiger charge is 2.19. The van der Waals surface area contributed by atoms with Crippen molar-refractivity contribution in [3.05, 3.63) is 27.9 Å². The molecule has 0 radical (unpaired) electrons. The lowest BCUT2D eigenvalue weighted by Crippen LogP contribution is -2.32. The van der Waals surface area contributed by atoms with Crippen molar-refractivity contribution < 1.29 is 9.90 Å². The molecule has 0 aromatic carbocycles. The molecule has 0 aliphatic heterocycles. The normalized spacial score (nSPS) is 12.5. The zero-order chi connectivity index (χ0) is 10.9. The first-order chi connectivity index (χ1) is 6.45. The van der Waals surface area contributed by atoms with Crippen LogP contribution in [-0.4, -0.2) is 20.6 Å². The summed E-state index contributed by atoms with van der Waals surface area (Å²) in [5.41, 5.74) is 4.87. The third-order valence-electron chi connectivity index (χ3n) is 2.03. The largest absolute Gasteiger partial charge is 0.480 e. The SMILES string of the molecule is Cc1ncc(C(N)C(=O)O)c(=O)n1C. The fourth-order valence-electron chi connectivity index (χ4n) is 0.992. The molecular weight excluding hydrogens is 186 g/mol. The Hall–Kier alpha value is -1.69. The van der Waals surface area contributed by atoms with Crippen LogP contribution in [0.15, 0.2) is 11.0 Å². The van der Waals surface area contributed by atoms with Crippen molar-refractivity contribution in [2.24, 2.45) is 12.8 Å². The average molecular weight is 197 g/mol. The lowest BCUT2D eigenvalue weighted by molar-refractivity contribution is -0.138. The quantitative estimate of drug-likeness (QED) is 0.645. The molecule has 1 rings (SSSR count). The van der Waals surface area contributed by atoms with Gasteiger partial charge in [0.1, 0.15) is 11.9 Å². The molecule has 1 heterocycles. The van der Waals surface area contributed by atoms with Gasteiger partial charge in [0.15, 0.2) is 0 Å². The maximum absolute atomic E-state index is 11.5. The standard InChI is InChI=1S/C8H11N3O3/c1-4-10-3-5(6(9)8(13)14)7(12)11(4)2/h3,6H,9H2,1-2H3,(H,13,14). The molecule has 0 fully saturated rings. The van der Waals surface area contributed by atoms with Crippen molar-refractivity contribution in [3.8, 4) is 0 Å². The fourth-order valence-corrected chi connectivity index (χ4v) is 0.992. The summed E-state index contributed by atoms with van der Waals surface area (Å²) >= 11 is 0. The van der Waals surface area contributed by atoms with Crippen LogP contribution in [0.5, 0.6) is 0 Å². The predicted molar refractivity (Wildman–Crippen MR) is 48.8 cm³/mol. The third kappa shape index (κ3) is 1.64. The van der Waals surface area contributed by atoms with Gasteiger partial charge in [-0.1, -0.05) is 0 Å². The molecule has 0 aliphatic rings. The van der Waals surface area contributed by atoms with E-state index in [1.165, 1.54) is 17.8 Å². The van der Waals surface area contributed by atoms with Gasteiger partial charge in [-0.15, -0.1) is 0 Å². The van der Waals surface area contributed by atoms with E-state index in [0.717, 1.165) is 0 Å². The van der Waals surface area contributed by atoms with Crippen LogP contribution in [0.1, 0.15) is 17.4 Å². The molecule has 0 bridgehead atoms. The number of hydrogen-bond acceptors (Lipinski definition) is 4. The minimum Gasteiger partial charge on any atom is -0.480 e. The topological polar surface area (TPSA) is 98.2 Å². The molecule has 14 heavy (non-hydrogen) atoms. The maximum atomic E-state index is 11.5. The third-order valence-corrected chi connectivity index (χ3v) is 2.03. The zero-order valence-corrected chi connectivity index (χ0v) is 7.89. The maximum Gasteiger partial charge on any atom is 0.325 e. The highest BCUT2D eigenvalue weighted by atomic mass is 16.4. The van der Waals surface area contributed by atoms with Gasteiger partial charge in [-0.25, -0.2) is 4.98 Å². The van der Waals surface area contributed by atoms with Gasteiger partial charge < -0.3 is 10.8 Å². The molecule has 0 saturated heterocycles. The monoisotopic (exact) mass is 197 g/mol. The van der Waals surface area contributed by atoms with Crippen LogP contribution in [0, 0.1) is 6.92 Å². The van der Waals surface area contributed by atoms with E-state index in [4.69, 9.17) is 10.8 Å². The van der Waals surface area contributed by atoms with Crippen LogP contribution in [0.4, 0.5) is 0 Å². The Morgan fingerprint density at radius 1 is 1.71 bits per heavy atom. The number of nitrogens with zero attached hydrogens (tertiary/aromatic N) is 2. The number of aromatic nitrogens is 2. The van der Waals surface area contributed by atoms with E-state index >= 15 is 0 Å². The molecule has 1 aromatic rings. The smallest absolute Gasteiger partial charge is 0.325 e. The summed E-state index contributed by atoms with van der Waals surface area (Å²) in [5, 5.41) is 8.62. The predicted octanol–water partition coefficient (Wildman–Crippen LogP) is -0.827. The summed E-state index contributed by atoms with van der Waals surface area (Å²) in [5.74, 6) is -0.732. The van der Waals surface area contributed by atoms with Crippen molar-refractivity contribution >= 4 is 5.97 Å². The van der Waals surface area contributed by atoms with E-state index in [2.05, 4.69) is 4.98 Å². The lowest BCUT2D eigenvalue weighted by Gasteiger charge is -2.08. The van der Waals surface area contributed by atoms with Gasteiger partial charge in [0.05, 0.1) is 5.56 Å². The number of nitrogens with two attached hydrogens (primary N) is 1. The second-order valence-electron chi connectivity index (χ2n) is 2.94. The van der Waals surface area contributed by atoms with Crippen molar-refractivity contribution in [1.29, 1.82) is 0 Å². The number of carboxylic acids is 1. The number of carboxylic acid groups (broad SMARTS) is 1. The van der Waals surface area contributed by atoms with Gasteiger partial charge in [0, 0.05) is 13.2 Å². The molecule has 0 spiro atoms. The van der Waals surface area contributed by atoms with Crippen molar-refractivity contribution in [3.63, 3.8) is 0 Å². The molecule has 0 saturated carbocycles. The number of rotatable bonds is 2. The Bertz CT molecular complexity index is 424. The molecule has 6 nitrogen and oxygen atoms in total. The highest BCUT2D eigenvalue weighted by molar-refractivity contribution is 5.74. The van der Waals surface area contributed by atoms with Crippen molar-refractivity contribution in [2.45, 2.75) is 13.0 Å². The molecule has 0 aliphatic carbocycles. The summed E-state index contributed by atoms with van der Waals surface area (Å²) in [6.45, 7) is 1.65. The summed E-state index contributed by atoms with van der Waals surface area (Å²) in [6, 6.07) is -1.32. The summed E-state index contributed by atoms with van der Waals surface area (Å²) in [4.78, 5) is 25.9. The van der Waals surface area contributed by atoms with E-state index < -0.39 is 17.6 Å². The van der Waals surface area contributed by atoms with Gasteiger partial charge in [0.25, 0.3) is 5.56 Å². The number of aryl methyl sites for hydroxylation is 1. The molecule has 1 aromatic heterocycles. The Kier molecular flexibility index (Phi) is 2.66. The van der Waals surface area contributed by atoms with Gasteiger partial charge in [-0.05, 0) is 6.92 Å². The highest BCUT2D eigenvalue weighted by Crippen LogP contribution is 2.03. The van der Waals surface area contributed by atoms with Crippen LogP contribution in [0.3, 0.4) is 0 Å². The first-order valence-electron chi connectivity index (χ1n) is 3.96.